The SMILES string of the molecule is N=NC1=CC(c2ccc(Cc3ccccc3)cc2)=CCO1. The van der Waals surface area contributed by atoms with E-state index < -0.39 is 0 Å². The Morgan fingerprint density at radius 1 is 0.952 bits per heavy atom. The maximum Gasteiger partial charge on any atom is 0.233 e. The highest BCUT2D eigenvalue weighted by Crippen LogP contribution is 2.23. The van der Waals surface area contributed by atoms with Crippen molar-refractivity contribution < 1.29 is 4.74 Å². The maximum absolute atomic E-state index is 7.01. The van der Waals surface area contributed by atoms with Crippen molar-refractivity contribution in [3.63, 3.8) is 0 Å². The van der Waals surface area contributed by atoms with Crippen LogP contribution in [0.2, 0.25) is 0 Å². The van der Waals surface area contributed by atoms with Crippen molar-refractivity contribution in [2.45, 2.75) is 6.42 Å². The fraction of sp³-hybridized carbons (Fsp3) is 0.111. The molecule has 21 heavy (non-hydrogen) atoms. The van der Waals surface area contributed by atoms with Crippen molar-refractivity contribution in [3.05, 3.63) is 89.3 Å². The largest absolute Gasteiger partial charge is 0.472 e. The zero-order chi connectivity index (χ0) is 14.5. The van der Waals surface area contributed by atoms with Gasteiger partial charge < -0.3 is 4.74 Å². The molecule has 0 fully saturated rings. The van der Waals surface area contributed by atoms with Gasteiger partial charge in [-0.3, -0.25) is 0 Å². The van der Waals surface area contributed by atoms with Gasteiger partial charge in [0.1, 0.15) is 6.61 Å². The summed E-state index contributed by atoms with van der Waals surface area (Å²) in [6.07, 6.45) is 4.73. The van der Waals surface area contributed by atoms with Crippen molar-refractivity contribution in [2.75, 3.05) is 6.61 Å². The van der Waals surface area contributed by atoms with Crippen molar-refractivity contribution in [2.24, 2.45) is 5.11 Å². The van der Waals surface area contributed by atoms with Crippen molar-refractivity contribution in [1.29, 1.82) is 5.53 Å². The molecule has 1 heterocycles. The number of rotatable bonds is 4. The quantitative estimate of drug-likeness (QED) is 0.817. The number of benzene rings is 2. The second kappa shape index (κ2) is 6.18. The van der Waals surface area contributed by atoms with Crippen molar-refractivity contribution in [3.8, 4) is 0 Å². The average Bonchev–Trinajstić information content (AvgIpc) is 2.56. The van der Waals surface area contributed by atoms with E-state index in [2.05, 4.69) is 53.6 Å². The lowest BCUT2D eigenvalue weighted by Gasteiger charge is -2.12. The van der Waals surface area contributed by atoms with Crippen LogP contribution >= 0.6 is 0 Å². The van der Waals surface area contributed by atoms with Crippen LogP contribution in [0.5, 0.6) is 0 Å². The third-order valence-electron chi connectivity index (χ3n) is 3.46. The molecule has 3 heteroatoms. The van der Waals surface area contributed by atoms with Gasteiger partial charge in [0.25, 0.3) is 0 Å². The molecule has 0 aliphatic carbocycles. The maximum atomic E-state index is 7.01. The summed E-state index contributed by atoms with van der Waals surface area (Å²) in [7, 11) is 0. The van der Waals surface area contributed by atoms with Gasteiger partial charge in [-0.05, 0) is 34.8 Å². The second-order valence-corrected chi connectivity index (χ2v) is 4.92. The van der Waals surface area contributed by atoms with Gasteiger partial charge in [0.15, 0.2) is 0 Å². The molecule has 2 aromatic rings. The monoisotopic (exact) mass is 276 g/mol. The fourth-order valence-corrected chi connectivity index (χ4v) is 2.36. The Labute approximate surface area is 124 Å². The summed E-state index contributed by atoms with van der Waals surface area (Å²) in [5.41, 5.74) is 11.8. The number of nitrogens with one attached hydrogen (secondary N) is 1. The van der Waals surface area contributed by atoms with Gasteiger partial charge in [-0.1, -0.05) is 54.6 Å². The Morgan fingerprint density at radius 2 is 1.67 bits per heavy atom. The van der Waals surface area contributed by atoms with E-state index in [1.54, 1.807) is 6.08 Å². The van der Waals surface area contributed by atoms with Crippen LogP contribution in [-0.4, -0.2) is 6.61 Å². The molecule has 2 aromatic carbocycles. The van der Waals surface area contributed by atoms with Crippen LogP contribution in [0.25, 0.3) is 5.57 Å². The molecule has 0 saturated heterocycles. The van der Waals surface area contributed by atoms with Gasteiger partial charge >= 0.3 is 0 Å². The van der Waals surface area contributed by atoms with Crippen LogP contribution in [0.15, 0.2) is 77.7 Å². The average molecular weight is 276 g/mol. The normalized spacial score (nSPS) is 13.9. The zero-order valence-electron chi connectivity index (χ0n) is 11.6. The Hall–Kier alpha value is -2.68. The van der Waals surface area contributed by atoms with Gasteiger partial charge in [-0.15, -0.1) is 5.11 Å². The van der Waals surface area contributed by atoms with Gasteiger partial charge in [0.05, 0.1) is 0 Å². The highest BCUT2D eigenvalue weighted by molar-refractivity contribution is 5.75. The summed E-state index contributed by atoms with van der Waals surface area (Å²) in [5.74, 6) is 0.362. The van der Waals surface area contributed by atoms with Crippen molar-refractivity contribution in [1.82, 2.24) is 0 Å². The standard InChI is InChI=1S/C18H16N2O/c19-20-18-13-17(10-11-21-18)16-8-6-15(7-9-16)12-14-4-2-1-3-5-14/h1-10,13,19H,11-12H2. The molecule has 1 N–H and O–H groups in total. The molecule has 0 radical (unpaired) electrons. The molecule has 1 aliphatic heterocycles. The molecule has 0 saturated carbocycles. The van der Waals surface area contributed by atoms with Crippen LogP contribution < -0.4 is 0 Å². The van der Waals surface area contributed by atoms with E-state index in [-0.39, 0.29) is 0 Å². The molecule has 0 amide bonds. The number of nitrogens with zero attached hydrogens (tertiary/aromatic N) is 1. The molecular weight excluding hydrogens is 260 g/mol. The highest BCUT2D eigenvalue weighted by Gasteiger charge is 2.07. The Bertz CT molecular complexity index is 685. The van der Waals surface area contributed by atoms with Crippen LogP contribution in [0.1, 0.15) is 16.7 Å². The predicted molar refractivity (Wildman–Crippen MR) is 82.8 cm³/mol. The van der Waals surface area contributed by atoms with E-state index in [1.165, 1.54) is 11.1 Å². The number of ether oxygens (including phenoxy) is 1. The van der Waals surface area contributed by atoms with Gasteiger partial charge in [-0.2, -0.15) is 0 Å². The second-order valence-electron chi connectivity index (χ2n) is 4.92. The molecular formula is C18H16N2O. The lowest BCUT2D eigenvalue weighted by molar-refractivity contribution is 0.237. The first-order chi connectivity index (χ1) is 10.3. The van der Waals surface area contributed by atoms with Gasteiger partial charge in [0, 0.05) is 6.08 Å². The minimum Gasteiger partial charge on any atom is -0.472 e. The molecule has 1 aliphatic rings. The van der Waals surface area contributed by atoms with E-state index >= 15 is 0 Å². The summed E-state index contributed by atoms with van der Waals surface area (Å²) >= 11 is 0. The topological polar surface area (TPSA) is 45.4 Å². The van der Waals surface area contributed by atoms with Gasteiger partial charge in [0.2, 0.25) is 5.88 Å². The van der Waals surface area contributed by atoms with E-state index in [9.17, 15) is 0 Å². The number of allylic oxidation sites excluding steroid dienone is 2. The summed E-state index contributed by atoms with van der Waals surface area (Å²) < 4.78 is 5.21. The van der Waals surface area contributed by atoms with E-state index in [0.29, 0.717) is 12.5 Å². The minimum atomic E-state index is 0.362. The number of hydrogen-bond donors (Lipinski definition) is 1. The molecule has 0 atom stereocenters. The summed E-state index contributed by atoms with van der Waals surface area (Å²) in [6, 6.07) is 18.9. The third-order valence-corrected chi connectivity index (χ3v) is 3.46. The number of hydrogen-bond acceptors (Lipinski definition) is 3. The summed E-state index contributed by atoms with van der Waals surface area (Å²) in [4.78, 5) is 0. The first-order valence-electron chi connectivity index (χ1n) is 6.90. The molecule has 3 rings (SSSR count). The first-order valence-corrected chi connectivity index (χ1v) is 6.90. The smallest absolute Gasteiger partial charge is 0.233 e. The minimum absolute atomic E-state index is 0.362. The lowest BCUT2D eigenvalue weighted by Crippen LogP contribution is -1.98. The predicted octanol–water partition coefficient (Wildman–Crippen LogP) is 4.56. The van der Waals surface area contributed by atoms with E-state index in [0.717, 1.165) is 17.6 Å². The molecule has 104 valence electrons. The van der Waals surface area contributed by atoms with E-state index in [4.69, 9.17) is 10.3 Å². The molecule has 0 spiro atoms. The zero-order valence-corrected chi connectivity index (χ0v) is 11.6. The lowest BCUT2D eigenvalue weighted by atomic mass is 9.99. The Balaban J connectivity index is 1.77. The molecule has 3 nitrogen and oxygen atoms in total. The van der Waals surface area contributed by atoms with Crippen LogP contribution in [-0.2, 0) is 11.2 Å². The van der Waals surface area contributed by atoms with E-state index in [1.807, 2.05) is 12.1 Å². The first kappa shape index (κ1) is 13.3. The van der Waals surface area contributed by atoms with Gasteiger partial charge in [-0.25, -0.2) is 5.53 Å². The van der Waals surface area contributed by atoms with Crippen LogP contribution in [0, 0.1) is 5.53 Å². The highest BCUT2D eigenvalue weighted by atomic mass is 16.5. The fourth-order valence-electron chi connectivity index (χ4n) is 2.36. The molecule has 0 bridgehead atoms. The Morgan fingerprint density at radius 3 is 2.38 bits per heavy atom. The summed E-state index contributed by atoms with van der Waals surface area (Å²) in [5, 5.41) is 3.34. The Kier molecular flexibility index (Phi) is 3.92. The summed E-state index contributed by atoms with van der Waals surface area (Å²) in [6.45, 7) is 0.468. The van der Waals surface area contributed by atoms with Crippen molar-refractivity contribution >= 4 is 5.57 Å². The third kappa shape index (κ3) is 3.26. The molecule has 0 aromatic heterocycles. The molecule has 0 unspecified atom stereocenters. The van der Waals surface area contributed by atoms with Crippen LogP contribution in [0.4, 0.5) is 0 Å². The van der Waals surface area contributed by atoms with Crippen LogP contribution in [0.3, 0.4) is 0 Å².